The van der Waals surface area contributed by atoms with Gasteiger partial charge in [-0.15, -0.1) is 0 Å². The zero-order valence-electron chi connectivity index (χ0n) is 42.1. The third-order valence-electron chi connectivity index (χ3n) is 10.9. The van der Waals surface area contributed by atoms with E-state index in [0.29, 0.717) is 57.0 Å². The van der Waals surface area contributed by atoms with Crippen LogP contribution >= 0.6 is 0 Å². The molecular weight excluding hydrogens is 906 g/mol. The molecule has 0 aromatic carbocycles. The van der Waals surface area contributed by atoms with Gasteiger partial charge in [-0.3, -0.25) is 33.6 Å². The predicted octanol–water partition coefficient (Wildman–Crippen LogP) is 0.577. The van der Waals surface area contributed by atoms with Crippen LogP contribution in [0.4, 0.5) is 11.6 Å². The van der Waals surface area contributed by atoms with E-state index in [2.05, 4.69) is 40.1 Å². The Morgan fingerprint density at radius 1 is 0.739 bits per heavy atom. The van der Waals surface area contributed by atoms with Crippen molar-refractivity contribution in [2.45, 2.75) is 151 Å². The molecule has 0 amide bonds. The number of esters is 2. The third-order valence-corrected chi connectivity index (χ3v) is 10.9. The standard InChI is InChI=1S/C20H32N4O3.C16H26N4O3.C4H6BO4.C4H6O.C2H4O2.Na/c1-15-13-22-19(20(26)24(15)11-12-27-16(2)25)21-9-8-18-5-3-4-10-23(18)14-17-6-7-17;1-12-11-19-15(16(22)20(12)9-10-23-13(2)21)18-8-6-14-5-3-4-7-17-14;1-3(6)8-5-9-4(2)7;5-3-4-1-2-4;1-2(3)4;/h13,17-18H,3-12,14H2,1-2H3,(H,21,22);11,14,17H,3-10H2,1-2H3,(H,18,19);1-2H3;3-4H,1-2H2;1H3,(H,3,4);/q;;-1;;;+1. The number of aromatic nitrogens is 4. The van der Waals surface area contributed by atoms with Crippen molar-refractivity contribution < 1.29 is 82.2 Å². The van der Waals surface area contributed by atoms with Gasteiger partial charge in [0.1, 0.15) is 27.2 Å². The molecule has 2 saturated heterocycles. The Hall–Kier alpha value is -4.64. The van der Waals surface area contributed by atoms with E-state index in [1.54, 1.807) is 21.5 Å². The maximum atomic E-state index is 12.7. The van der Waals surface area contributed by atoms with Gasteiger partial charge in [-0.05, 0) is 97.1 Å². The molecule has 0 bridgehead atoms. The molecule has 4 N–H and O–H groups in total. The molecular formula is C46H74BN8NaO13. The number of rotatable bonds is 19. The Labute approximate surface area is 428 Å². The molecule has 380 valence electrons. The molecule has 21 nitrogen and oxygen atoms in total. The Balaban J connectivity index is 0.000000507. The summed E-state index contributed by atoms with van der Waals surface area (Å²) in [6, 6.07) is 1.14. The van der Waals surface area contributed by atoms with Crippen LogP contribution in [-0.4, -0.2) is 131 Å². The van der Waals surface area contributed by atoms with Crippen LogP contribution in [0.2, 0.25) is 0 Å². The van der Waals surface area contributed by atoms with Crippen LogP contribution in [0, 0.1) is 25.7 Å². The number of aliphatic carboxylic acids is 1. The molecule has 2 saturated carbocycles. The van der Waals surface area contributed by atoms with Gasteiger partial charge in [-0.25, -0.2) is 9.97 Å². The van der Waals surface area contributed by atoms with Gasteiger partial charge < -0.3 is 58.7 Å². The molecule has 2 radical (unpaired) electrons. The molecule has 4 fully saturated rings. The second-order valence-electron chi connectivity index (χ2n) is 17.1. The second-order valence-corrected chi connectivity index (χ2v) is 17.1. The fraction of sp³-hybridized carbons (Fsp3) is 0.696. The Bertz CT molecular complexity index is 1990. The van der Waals surface area contributed by atoms with Crippen LogP contribution in [0.3, 0.4) is 0 Å². The number of hydrogen-bond acceptors (Lipinski definition) is 18. The quantitative estimate of drug-likeness (QED) is 0.0852. The van der Waals surface area contributed by atoms with Crippen LogP contribution in [0.5, 0.6) is 0 Å². The van der Waals surface area contributed by atoms with Crippen molar-refractivity contribution in [3.05, 3.63) is 44.5 Å². The SMILES string of the molecule is CC(=O)O.CC(=O)OCCn1c(C)cnc(NCCC2CCCCN2)c1=O.CC(=O)OCCn1c(C)cnc(NCCC2CCCCN2CC2CC2)c1=O.CC(=O)O[B-]OC(C)=O.O=CC1CC1.[Na+]. The molecule has 2 aromatic rings. The van der Waals surface area contributed by atoms with Crippen molar-refractivity contribution in [1.82, 2.24) is 29.3 Å². The van der Waals surface area contributed by atoms with E-state index in [0.717, 1.165) is 69.3 Å². The van der Waals surface area contributed by atoms with Crippen LogP contribution in [-0.2, 0) is 60.6 Å². The summed E-state index contributed by atoms with van der Waals surface area (Å²) in [7, 11) is 0.699. The summed E-state index contributed by atoms with van der Waals surface area (Å²) in [6.45, 7) is 15.9. The zero-order valence-corrected chi connectivity index (χ0v) is 44.1. The topological polar surface area (TPSA) is 269 Å². The summed E-state index contributed by atoms with van der Waals surface area (Å²) >= 11 is 0. The van der Waals surface area contributed by atoms with E-state index in [1.807, 2.05) is 13.8 Å². The number of aryl methyl sites for hydroxylation is 2. The largest absolute Gasteiger partial charge is 1.00 e. The van der Waals surface area contributed by atoms with E-state index in [-0.39, 0.29) is 65.8 Å². The summed E-state index contributed by atoms with van der Waals surface area (Å²) in [5, 5.41) is 17.3. The van der Waals surface area contributed by atoms with Crippen molar-refractivity contribution in [1.29, 1.82) is 0 Å². The van der Waals surface area contributed by atoms with Gasteiger partial charge in [-0.2, -0.15) is 0 Å². The number of carboxylic acids is 1. The number of nitrogens with zero attached hydrogens (tertiary/aromatic N) is 5. The van der Waals surface area contributed by atoms with Crippen molar-refractivity contribution in [3.63, 3.8) is 0 Å². The fourth-order valence-corrected chi connectivity index (χ4v) is 7.04. The molecule has 0 spiro atoms. The molecule has 69 heavy (non-hydrogen) atoms. The number of carbonyl (C=O) groups is 6. The molecule has 2 unspecified atom stereocenters. The minimum atomic E-state index is -0.833. The first-order chi connectivity index (χ1) is 32.4. The van der Waals surface area contributed by atoms with Gasteiger partial charge >= 0.3 is 41.5 Å². The van der Waals surface area contributed by atoms with Crippen molar-refractivity contribution in [3.8, 4) is 0 Å². The monoisotopic (exact) mass is 981 g/mol. The van der Waals surface area contributed by atoms with Gasteiger partial charge in [0.25, 0.3) is 29.0 Å². The predicted molar refractivity (Wildman–Crippen MR) is 255 cm³/mol. The first-order valence-corrected chi connectivity index (χ1v) is 23.6. The molecule has 2 aromatic heterocycles. The number of ether oxygens (including phenoxy) is 2. The van der Waals surface area contributed by atoms with Gasteiger partial charge in [-0.1, -0.05) is 12.8 Å². The number of hydrogen-bond donors (Lipinski definition) is 4. The number of carboxylic acid groups (broad SMARTS) is 1. The number of aldehydes is 1. The second kappa shape index (κ2) is 35.5. The Morgan fingerprint density at radius 2 is 1.23 bits per heavy atom. The third kappa shape index (κ3) is 29.2. The van der Waals surface area contributed by atoms with Crippen LogP contribution < -0.4 is 56.6 Å². The number of piperidine rings is 2. The summed E-state index contributed by atoms with van der Waals surface area (Å²) in [6.07, 6.45) is 19.0. The van der Waals surface area contributed by atoms with E-state index < -0.39 is 17.9 Å². The summed E-state index contributed by atoms with van der Waals surface area (Å²) in [5.74, 6) is -0.439. The summed E-state index contributed by atoms with van der Waals surface area (Å²) in [4.78, 5) is 96.5. The minimum Gasteiger partial charge on any atom is -0.702 e. The maximum absolute atomic E-state index is 12.7. The van der Waals surface area contributed by atoms with E-state index in [1.165, 1.54) is 92.2 Å². The molecule has 4 aliphatic rings. The summed E-state index contributed by atoms with van der Waals surface area (Å²) in [5.41, 5.74) is 1.19. The smallest absolute Gasteiger partial charge is 0.702 e. The average molecular weight is 981 g/mol. The molecule has 2 aliphatic heterocycles. The van der Waals surface area contributed by atoms with Crippen LogP contribution in [0.25, 0.3) is 0 Å². The van der Waals surface area contributed by atoms with Gasteiger partial charge in [0.2, 0.25) is 0 Å². The van der Waals surface area contributed by atoms with Crippen LogP contribution in [0.15, 0.2) is 22.0 Å². The Kier molecular flexibility index (Phi) is 32.1. The first kappa shape index (κ1) is 62.4. The number of likely N-dealkylation sites (tertiary alicyclic amines) is 1. The fourth-order valence-electron chi connectivity index (χ4n) is 7.04. The molecule has 2 aliphatic carbocycles. The van der Waals surface area contributed by atoms with Crippen molar-refractivity contribution in [2.24, 2.45) is 11.8 Å². The van der Waals surface area contributed by atoms with Gasteiger partial charge in [0, 0.05) is 96.0 Å². The first-order valence-electron chi connectivity index (χ1n) is 23.6. The van der Waals surface area contributed by atoms with Gasteiger partial charge in [0.15, 0.2) is 11.6 Å². The number of nitrogens with one attached hydrogen (secondary N) is 3. The van der Waals surface area contributed by atoms with Crippen molar-refractivity contribution in [2.75, 3.05) is 56.6 Å². The van der Waals surface area contributed by atoms with Crippen molar-refractivity contribution >= 4 is 55.5 Å². The zero-order chi connectivity index (χ0) is 50.4. The molecule has 2 atom stereocenters. The molecule has 4 heterocycles. The summed E-state index contributed by atoms with van der Waals surface area (Å²) < 4.78 is 21.3. The normalized spacial score (nSPS) is 17.0. The van der Waals surface area contributed by atoms with Gasteiger partial charge in [0.05, 0.1) is 13.1 Å². The number of carbonyl (C=O) groups excluding carboxylic acids is 5. The van der Waals surface area contributed by atoms with E-state index in [4.69, 9.17) is 19.4 Å². The Morgan fingerprint density at radius 3 is 1.64 bits per heavy atom. The van der Waals surface area contributed by atoms with E-state index >= 15 is 0 Å². The molecule has 6 rings (SSSR count). The minimum absolute atomic E-state index is 0. The molecule has 23 heteroatoms. The number of anilines is 2. The average Bonchev–Trinajstić information content (AvgIpc) is 4.23. The van der Waals surface area contributed by atoms with E-state index in [9.17, 15) is 33.6 Å². The van der Waals surface area contributed by atoms with Crippen LogP contribution in [0.1, 0.15) is 123 Å². The maximum Gasteiger partial charge on any atom is 1.00 e.